The van der Waals surface area contributed by atoms with Crippen LogP contribution in [-0.2, 0) is 4.79 Å². The average Bonchev–Trinajstić information content (AvgIpc) is 2.39. The molecule has 2 aromatic rings. The van der Waals surface area contributed by atoms with E-state index in [1.807, 2.05) is 42.5 Å². The van der Waals surface area contributed by atoms with Crippen molar-refractivity contribution in [1.29, 1.82) is 0 Å². The Hall–Kier alpha value is -1.45. The molecule has 1 aliphatic rings. The molecule has 1 heterocycles. The van der Waals surface area contributed by atoms with Crippen LogP contribution in [0.5, 0.6) is 0 Å². The first-order valence-corrected chi connectivity index (χ1v) is 6.82. The fourth-order valence-corrected chi connectivity index (χ4v) is 3.31. The van der Waals surface area contributed by atoms with Crippen molar-refractivity contribution < 1.29 is 4.79 Å². The zero-order valence-electron chi connectivity index (χ0n) is 9.39. The van der Waals surface area contributed by atoms with Gasteiger partial charge in [0.1, 0.15) is 5.25 Å². The number of thioether (sulfide) groups is 1. The number of hydrogen-bond donors (Lipinski definition) is 1. The number of anilines is 1. The van der Waals surface area contributed by atoms with Crippen LogP contribution >= 0.6 is 23.4 Å². The monoisotopic (exact) mass is 275 g/mol. The maximum absolute atomic E-state index is 12.1. The van der Waals surface area contributed by atoms with E-state index in [4.69, 9.17) is 11.6 Å². The predicted octanol–water partition coefficient (Wildman–Crippen LogP) is 4.13. The lowest BCUT2D eigenvalue weighted by atomic mass is 10.1. The van der Waals surface area contributed by atoms with Crippen molar-refractivity contribution in [1.82, 2.24) is 0 Å². The van der Waals surface area contributed by atoms with E-state index in [0.29, 0.717) is 5.02 Å². The molecule has 1 aliphatic heterocycles. The summed E-state index contributed by atoms with van der Waals surface area (Å²) < 4.78 is 0. The van der Waals surface area contributed by atoms with Gasteiger partial charge in [-0.25, -0.2) is 0 Å². The van der Waals surface area contributed by atoms with Crippen LogP contribution in [0.4, 0.5) is 5.69 Å². The summed E-state index contributed by atoms with van der Waals surface area (Å²) in [4.78, 5) is 13.1. The van der Waals surface area contributed by atoms with E-state index in [9.17, 15) is 4.79 Å². The summed E-state index contributed by atoms with van der Waals surface area (Å²) in [5.41, 5.74) is 1.84. The molecular formula is C14H10ClNOS. The summed E-state index contributed by atoms with van der Waals surface area (Å²) in [5.74, 6) is 0.0148. The Kier molecular flexibility index (Phi) is 3.02. The third-order valence-electron chi connectivity index (χ3n) is 2.79. The molecule has 0 aromatic heterocycles. The first-order chi connectivity index (χ1) is 8.74. The first kappa shape index (κ1) is 11.6. The molecule has 2 nitrogen and oxygen atoms in total. The van der Waals surface area contributed by atoms with Crippen LogP contribution in [0.2, 0.25) is 5.02 Å². The van der Waals surface area contributed by atoms with Crippen LogP contribution in [0.3, 0.4) is 0 Å². The minimum absolute atomic E-state index is 0.0148. The fraction of sp³-hybridized carbons (Fsp3) is 0.0714. The molecule has 1 atom stereocenters. The van der Waals surface area contributed by atoms with E-state index >= 15 is 0 Å². The summed E-state index contributed by atoms with van der Waals surface area (Å²) in [6, 6.07) is 15.3. The van der Waals surface area contributed by atoms with Gasteiger partial charge in [-0.1, -0.05) is 41.9 Å². The van der Waals surface area contributed by atoms with Gasteiger partial charge < -0.3 is 5.32 Å². The summed E-state index contributed by atoms with van der Waals surface area (Å²) in [6.45, 7) is 0. The number of amides is 1. The molecule has 0 saturated carbocycles. The van der Waals surface area contributed by atoms with Crippen LogP contribution in [0.25, 0.3) is 0 Å². The summed E-state index contributed by atoms with van der Waals surface area (Å²) in [7, 11) is 0. The molecule has 0 fully saturated rings. The van der Waals surface area contributed by atoms with Gasteiger partial charge in [-0.3, -0.25) is 4.79 Å². The molecule has 3 rings (SSSR count). The second-order valence-electron chi connectivity index (χ2n) is 4.04. The Morgan fingerprint density at radius 1 is 1.11 bits per heavy atom. The van der Waals surface area contributed by atoms with E-state index in [0.717, 1.165) is 16.1 Å². The second-order valence-corrected chi connectivity index (χ2v) is 5.62. The van der Waals surface area contributed by atoms with E-state index in [2.05, 4.69) is 5.32 Å². The predicted molar refractivity (Wildman–Crippen MR) is 75.1 cm³/mol. The summed E-state index contributed by atoms with van der Waals surface area (Å²) in [6.07, 6.45) is 0. The lowest BCUT2D eigenvalue weighted by molar-refractivity contribution is -0.115. The van der Waals surface area contributed by atoms with Crippen LogP contribution < -0.4 is 5.32 Å². The molecule has 1 N–H and O–H groups in total. The largest absolute Gasteiger partial charge is 0.324 e. The molecule has 0 saturated heterocycles. The molecule has 1 amide bonds. The lowest BCUT2D eigenvalue weighted by Gasteiger charge is -2.24. The van der Waals surface area contributed by atoms with Crippen molar-refractivity contribution >= 4 is 35.0 Å². The van der Waals surface area contributed by atoms with Gasteiger partial charge in [0.2, 0.25) is 5.91 Å². The number of benzene rings is 2. The molecule has 1 unspecified atom stereocenters. The van der Waals surface area contributed by atoms with Gasteiger partial charge in [0, 0.05) is 9.92 Å². The van der Waals surface area contributed by atoms with Crippen molar-refractivity contribution in [3.05, 3.63) is 59.1 Å². The highest BCUT2D eigenvalue weighted by Gasteiger charge is 2.28. The maximum atomic E-state index is 12.1. The minimum Gasteiger partial charge on any atom is -0.324 e. The Morgan fingerprint density at radius 3 is 2.67 bits per heavy atom. The highest BCUT2D eigenvalue weighted by Crippen LogP contribution is 2.44. The zero-order chi connectivity index (χ0) is 12.5. The second kappa shape index (κ2) is 4.67. The fourth-order valence-electron chi connectivity index (χ4n) is 1.92. The Bertz CT molecular complexity index is 600. The molecule has 4 heteroatoms. The topological polar surface area (TPSA) is 29.1 Å². The number of halogens is 1. The molecule has 18 heavy (non-hydrogen) atoms. The molecule has 0 radical (unpaired) electrons. The van der Waals surface area contributed by atoms with Crippen molar-refractivity contribution in [2.45, 2.75) is 10.1 Å². The van der Waals surface area contributed by atoms with Gasteiger partial charge in [0.25, 0.3) is 0 Å². The highest BCUT2D eigenvalue weighted by molar-refractivity contribution is 8.00. The standard InChI is InChI=1S/C14H10ClNOS/c15-10-6-7-11-12(8-10)18-13(14(17)16-11)9-4-2-1-3-5-9/h1-8,13H,(H,16,17). The number of carbonyl (C=O) groups is 1. The van der Waals surface area contributed by atoms with Gasteiger partial charge >= 0.3 is 0 Å². The van der Waals surface area contributed by atoms with Crippen LogP contribution in [0.1, 0.15) is 10.8 Å². The minimum atomic E-state index is -0.211. The van der Waals surface area contributed by atoms with Crippen LogP contribution in [0, 0.1) is 0 Å². The van der Waals surface area contributed by atoms with Crippen LogP contribution in [0.15, 0.2) is 53.4 Å². The van der Waals surface area contributed by atoms with E-state index < -0.39 is 0 Å². The Labute approximate surface area is 114 Å². The third-order valence-corrected chi connectivity index (χ3v) is 4.34. The van der Waals surface area contributed by atoms with Crippen molar-refractivity contribution in [2.75, 3.05) is 5.32 Å². The van der Waals surface area contributed by atoms with Gasteiger partial charge in [0.05, 0.1) is 5.69 Å². The summed E-state index contributed by atoms with van der Waals surface area (Å²) in [5, 5.41) is 3.39. The van der Waals surface area contributed by atoms with Crippen molar-refractivity contribution in [3.8, 4) is 0 Å². The summed E-state index contributed by atoms with van der Waals surface area (Å²) >= 11 is 7.52. The Balaban J connectivity index is 1.99. The highest BCUT2D eigenvalue weighted by atomic mass is 35.5. The van der Waals surface area contributed by atoms with E-state index in [1.165, 1.54) is 11.8 Å². The van der Waals surface area contributed by atoms with Gasteiger partial charge in [-0.05, 0) is 23.8 Å². The smallest absolute Gasteiger partial charge is 0.242 e. The number of hydrogen-bond acceptors (Lipinski definition) is 2. The first-order valence-electron chi connectivity index (χ1n) is 5.56. The zero-order valence-corrected chi connectivity index (χ0v) is 11.0. The van der Waals surface area contributed by atoms with Gasteiger partial charge in [-0.15, -0.1) is 11.8 Å². The lowest BCUT2D eigenvalue weighted by Crippen LogP contribution is -2.22. The number of fused-ring (bicyclic) bond motifs is 1. The molecule has 90 valence electrons. The van der Waals surface area contributed by atoms with E-state index in [-0.39, 0.29) is 11.2 Å². The average molecular weight is 276 g/mol. The molecular weight excluding hydrogens is 266 g/mol. The number of rotatable bonds is 1. The number of nitrogens with one attached hydrogen (secondary N) is 1. The molecule has 0 aliphatic carbocycles. The molecule has 0 bridgehead atoms. The third kappa shape index (κ3) is 2.11. The van der Waals surface area contributed by atoms with Crippen molar-refractivity contribution in [3.63, 3.8) is 0 Å². The van der Waals surface area contributed by atoms with Gasteiger partial charge in [-0.2, -0.15) is 0 Å². The Morgan fingerprint density at radius 2 is 1.89 bits per heavy atom. The quantitative estimate of drug-likeness (QED) is 0.848. The maximum Gasteiger partial charge on any atom is 0.242 e. The normalized spacial score (nSPS) is 18.1. The van der Waals surface area contributed by atoms with Crippen molar-refractivity contribution in [2.24, 2.45) is 0 Å². The van der Waals surface area contributed by atoms with E-state index in [1.54, 1.807) is 6.07 Å². The SMILES string of the molecule is O=C1Nc2ccc(Cl)cc2SC1c1ccccc1. The molecule has 2 aromatic carbocycles. The van der Waals surface area contributed by atoms with Crippen LogP contribution in [-0.4, -0.2) is 5.91 Å². The number of carbonyl (C=O) groups excluding carboxylic acids is 1. The molecule has 0 spiro atoms. The van der Waals surface area contributed by atoms with Gasteiger partial charge in [0.15, 0.2) is 0 Å².